The van der Waals surface area contributed by atoms with E-state index in [1.54, 1.807) is 19.0 Å². The first-order chi connectivity index (χ1) is 9.96. The highest BCUT2D eigenvalue weighted by Crippen LogP contribution is 2.27. The molecule has 2 amide bonds. The van der Waals surface area contributed by atoms with E-state index in [4.69, 9.17) is 0 Å². The van der Waals surface area contributed by atoms with E-state index in [9.17, 15) is 9.90 Å². The summed E-state index contributed by atoms with van der Waals surface area (Å²) in [5.74, 6) is 0. The number of rotatable bonds is 3. The van der Waals surface area contributed by atoms with Crippen LogP contribution in [0.1, 0.15) is 18.4 Å². The average molecular weight is 291 g/mol. The zero-order valence-corrected chi connectivity index (χ0v) is 13.1. The number of aryl methyl sites for hydroxylation is 1. The molecule has 0 aromatic heterocycles. The molecule has 2 rings (SSSR count). The van der Waals surface area contributed by atoms with E-state index in [1.165, 1.54) is 5.56 Å². The number of hydrogen-bond acceptors (Lipinski definition) is 3. The number of nitrogens with one attached hydrogen (secondary N) is 1. The number of benzene rings is 1. The average Bonchev–Trinajstić information content (AvgIpc) is 2.49. The van der Waals surface area contributed by atoms with Gasteiger partial charge in [-0.25, -0.2) is 4.79 Å². The Kier molecular flexibility index (Phi) is 4.73. The smallest absolute Gasteiger partial charge is 0.319 e. The van der Waals surface area contributed by atoms with Gasteiger partial charge >= 0.3 is 6.03 Å². The summed E-state index contributed by atoms with van der Waals surface area (Å²) in [6.45, 7) is 3.45. The largest absolute Gasteiger partial charge is 0.394 e. The molecule has 21 heavy (non-hydrogen) atoms. The third-order valence-electron chi connectivity index (χ3n) is 4.14. The van der Waals surface area contributed by atoms with Crippen LogP contribution in [-0.2, 0) is 0 Å². The molecule has 0 saturated carbocycles. The van der Waals surface area contributed by atoms with Crippen molar-refractivity contribution in [1.29, 1.82) is 0 Å². The van der Waals surface area contributed by atoms with Crippen LogP contribution in [0.5, 0.6) is 0 Å². The maximum Gasteiger partial charge on any atom is 0.319 e. The molecular formula is C16H25N3O2. The Hall–Kier alpha value is -1.75. The van der Waals surface area contributed by atoms with Crippen LogP contribution in [0.2, 0.25) is 0 Å². The van der Waals surface area contributed by atoms with Crippen molar-refractivity contribution in [2.45, 2.75) is 25.3 Å². The monoisotopic (exact) mass is 291 g/mol. The number of urea groups is 1. The van der Waals surface area contributed by atoms with Crippen molar-refractivity contribution in [3.8, 4) is 0 Å². The van der Waals surface area contributed by atoms with Gasteiger partial charge in [0.15, 0.2) is 0 Å². The normalized spacial score (nSPS) is 17.4. The summed E-state index contributed by atoms with van der Waals surface area (Å²) in [5.41, 5.74) is 1.89. The number of anilines is 1. The number of nitrogens with zero attached hydrogens (tertiary/aromatic N) is 2. The summed E-state index contributed by atoms with van der Waals surface area (Å²) >= 11 is 0. The molecular weight excluding hydrogens is 266 g/mol. The highest BCUT2D eigenvalue weighted by Gasteiger charge is 2.35. The van der Waals surface area contributed by atoms with Gasteiger partial charge in [0.25, 0.3) is 0 Å². The summed E-state index contributed by atoms with van der Waals surface area (Å²) in [6.07, 6.45) is 1.49. The van der Waals surface area contributed by atoms with Gasteiger partial charge in [-0.1, -0.05) is 17.7 Å². The Labute approximate surface area is 126 Å². The predicted octanol–water partition coefficient (Wildman–Crippen LogP) is 1.92. The summed E-state index contributed by atoms with van der Waals surface area (Å²) < 4.78 is 0. The van der Waals surface area contributed by atoms with Crippen LogP contribution in [0.3, 0.4) is 0 Å². The number of aliphatic hydroxyl groups excluding tert-OH is 1. The molecule has 2 N–H and O–H groups in total. The molecule has 116 valence electrons. The van der Waals surface area contributed by atoms with Gasteiger partial charge in [-0.15, -0.1) is 0 Å². The standard InChI is InChI=1S/C16H25N3O2/c1-13-4-6-14(7-5-13)17-16(12-20)8-10-19(11-9-16)15(21)18(2)3/h4-7,17,20H,8-12H2,1-3H3. The topological polar surface area (TPSA) is 55.8 Å². The van der Waals surface area contributed by atoms with E-state index >= 15 is 0 Å². The molecule has 0 spiro atoms. The fourth-order valence-electron chi connectivity index (χ4n) is 2.67. The number of likely N-dealkylation sites (tertiary alicyclic amines) is 1. The lowest BCUT2D eigenvalue weighted by Gasteiger charge is -2.42. The molecule has 0 unspecified atom stereocenters. The maximum atomic E-state index is 12.0. The van der Waals surface area contributed by atoms with Crippen LogP contribution in [0.15, 0.2) is 24.3 Å². The molecule has 1 aromatic carbocycles. The van der Waals surface area contributed by atoms with Crippen molar-refractivity contribution in [2.24, 2.45) is 0 Å². The maximum absolute atomic E-state index is 12.0. The zero-order chi connectivity index (χ0) is 15.5. The van der Waals surface area contributed by atoms with Gasteiger partial charge in [-0.3, -0.25) is 0 Å². The third kappa shape index (κ3) is 3.67. The molecule has 0 atom stereocenters. The second-order valence-corrected chi connectivity index (χ2v) is 6.09. The fourth-order valence-corrected chi connectivity index (χ4v) is 2.67. The van der Waals surface area contributed by atoms with Crippen molar-refractivity contribution in [1.82, 2.24) is 9.80 Å². The summed E-state index contributed by atoms with van der Waals surface area (Å²) in [5, 5.41) is 13.3. The van der Waals surface area contributed by atoms with Crippen molar-refractivity contribution < 1.29 is 9.90 Å². The first-order valence-electron chi connectivity index (χ1n) is 7.38. The zero-order valence-electron chi connectivity index (χ0n) is 13.1. The summed E-state index contributed by atoms with van der Waals surface area (Å²) in [6, 6.07) is 8.21. The molecule has 1 saturated heterocycles. The number of hydrogen-bond donors (Lipinski definition) is 2. The number of carbonyl (C=O) groups is 1. The van der Waals surface area contributed by atoms with Crippen molar-refractivity contribution in [3.63, 3.8) is 0 Å². The Morgan fingerprint density at radius 3 is 2.33 bits per heavy atom. The van der Waals surface area contributed by atoms with Crippen LogP contribution in [0.4, 0.5) is 10.5 Å². The Balaban J connectivity index is 2.01. The van der Waals surface area contributed by atoms with Crippen LogP contribution in [0.25, 0.3) is 0 Å². The molecule has 0 bridgehead atoms. The first kappa shape index (κ1) is 15.6. The van der Waals surface area contributed by atoms with Crippen molar-refractivity contribution in [3.05, 3.63) is 29.8 Å². The van der Waals surface area contributed by atoms with Gasteiger partial charge in [-0.05, 0) is 31.9 Å². The lowest BCUT2D eigenvalue weighted by atomic mass is 9.88. The molecule has 1 aromatic rings. The highest BCUT2D eigenvalue weighted by atomic mass is 16.3. The predicted molar refractivity (Wildman–Crippen MR) is 84.5 cm³/mol. The molecule has 1 heterocycles. The SMILES string of the molecule is Cc1ccc(NC2(CO)CCN(C(=O)N(C)C)CC2)cc1. The van der Waals surface area contributed by atoms with E-state index in [1.807, 2.05) is 17.0 Å². The molecule has 0 radical (unpaired) electrons. The van der Waals surface area contributed by atoms with Gasteiger partial charge in [-0.2, -0.15) is 0 Å². The highest BCUT2D eigenvalue weighted by molar-refractivity contribution is 5.74. The van der Waals surface area contributed by atoms with E-state index in [2.05, 4.69) is 24.4 Å². The number of carbonyl (C=O) groups excluding carboxylic acids is 1. The molecule has 5 nitrogen and oxygen atoms in total. The minimum atomic E-state index is -0.335. The van der Waals surface area contributed by atoms with Gasteiger partial charge in [0, 0.05) is 32.9 Å². The van der Waals surface area contributed by atoms with E-state index in [0.29, 0.717) is 13.1 Å². The van der Waals surface area contributed by atoms with E-state index < -0.39 is 0 Å². The lowest BCUT2D eigenvalue weighted by molar-refractivity contribution is 0.115. The van der Waals surface area contributed by atoms with Gasteiger partial charge in [0.05, 0.1) is 12.1 Å². The fraction of sp³-hybridized carbons (Fsp3) is 0.562. The van der Waals surface area contributed by atoms with Gasteiger partial charge < -0.3 is 20.2 Å². The lowest BCUT2D eigenvalue weighted by Crippen LogP contribution is -2.54. The van der Waals surface area contributed by atoms with Crippen LogP contribution in [-0.4, -0.2) is 60.3 Å². The van der Waals surface area contributed by atoms with Crippen molar-refractivity contribution >= 4 is 11.7 Å². The van der Waals surface area contributed by atoms with Gasteiger partial charge in [0.2, 0.25) is 0 Å². The minimum absolute atomic E-state index is 0.0388. The Morgan fingerprint density at radius 2 is 1.86 bits per heavy atom. The number of aliphatic hydroxyl groups is 1. The Morgan fingerprint density at radius 1 is 1.29 bits per heavy atom. The second-order valence-electron chi connectivity index (χ2n) is 6.09. The molecule has 1 aliphatic rings. The van der Waals surface area contributed by atoms with E-state index in [0.717, 1.165) is 18.5 Å². The summed E-state index contributed by atoms with van der Waals surface area (Å²) in [4.78, 5) is 15.4. The first-order valence-corrected chi connectivity index (χ1v) is 7.38. The Bertz CT molecular complexity index is 477. The number of piperidine rings is 1. The minimum Gasteiger partial charge on any atom is -0.394 e. The summed E-state index contributed by atoms with van der Waals surface area (Å²) in [7, 11) is 3.53. The van der Waals surface area contributed by atoms with Crippen molar-refractivity contribution in [2.75, 3.05) is 39.1 Å². The molecule has 5 heteroatoms. The molecule has 1 fully saturated rings. The number of amides is 2. The van der Waals surface area contributed by atoms with Crippen LogP contribution >= 0.6 is 0 Å². The van der Waals surface area contributed by atoms with Gasteiger partial charge in [0.1, 0.15) is 0 Å². The van der Waals surface area contributed by atoms with Crippen LogP contribution in [0, 0.1) is 6.92 Å². The third-order valence-corrected chi connectivity index (χ3v) is 4.14. The van der Waals surface area contributed by atoms with E-state index in [-0.39, 0.29) is 18.2 Å². The quantitative estimate of drug-likeness (QED) is 0.894. The molecule has 0 aliphatic carbocycles. The van der Waals surface area contributed by atoms with Crippen LogP contribution < -0.4 is 5.32 Å². The second kappa shape index (κ2) is 6.35. The molecule has 1 aliphatic heterocycles.